The van der Waals surface area contributed by atoms with E-state index in [1.54, 1.807) is 31.4 Å². The summed E-state index contributed by atoms with van der Waals surface area (Å²) in [5, 5.41) is 8.35. The Balaban J connectivity index is 1.48. The van der Waals surface area contributed by atoms with Gasteiger partial charge in [0.2, 0.25) is 5.91 Å². The fourth-order valence-corrected chi connectivity index (χ4v) is 5.44. The Kier molecular flexibility index (Phi) is 8.63. The number of unbranched alkanes of at least 4 members (excludes halogenated alkanes) is 1. The topological polar surface area (TPSA) is 112 Å². The number of nitrogens with one attached hydrogen (secondary N) is 1. The second-order valence-electron chi connectivity index (χ2n) is 8.20. The smallest absolute Gasteiger partial charge is 0.236 e. The number of amides is 1. The number of hydrogen-bond donors (Lipinski definition) is 2. The molecule has 0 aromatic heterocycles. The summed E-state index contributed by atoms with van der Waals surface area (Å²) in [6.07, 6.45) is 2.98. The van der Waals surface area contributed by atoms with E-state index < -0.39 is 21.5 Å². The molecule has 2 aromatic carbocycles. The molecule has 3 N–H and O–H groups in total. The van der Waals surface area contributed by atoms with Crippen LogP contribution in [0.15, 0.2) is 47.4 Å². The maximum Gasteiger partial charge on any atom is 0.236 e. The molecule has 0 spiro atoms. The highest BCUT2D eigenvalue weighted by Gasteiger charge is 2.45. The van der Waals surface area contributed by atoms with E-state index in [-0.39, 0.29) is 0 Å². The van der Waals surface area contributed by atoms with Crippen molar-refractivity contribution < 1.29 is 23.2 Å². The van der Waals surface area contributed by atoms with Crippen molar-refractivity contribution in [1.29, 1.82) is 5.41 Å². The van der Waals surface area contributed by atoms with Crippen LogP contribution in [-0.4, -0.2) is 47.5 Å². The van der Waals surface area contributed by atoms with Gasteiger partial charge in [-0.25, -0.2) is 0 Å². The van der Waals surface area contributed by atoms with Crippen LogP contribution in [0.2, 0.25) is 0 Å². The lowest BCUT2D eigenvalue weighted by Gasteiger charge is -2.33. The number of primary amides is 1. The second-order valence-corrected chi connectivity index (χ2v) is 9.99. The minimum atomic E-state index is -1.55. The third-order valence-electron chi connectivity index (χ3n) is 5.91. The lowest BCUT2D eigenvalue weighted by Crippen LogP contribution is -2.51. The average Bonchev–Trinajstić information content (AvgIpc) is 2.83. The van der Waals surface area contributed by atoms with Gasteiger partial charge in [0.25, 0.3) is 0 Å². The van der Waals surface area contributed by atoms with Gasteiger partial charge < -0.3 is 25.4 Å². The van der Waals surface area contributed by atoms with Gasteiger partial charge in [-0.1, -0.05) is 6.07 Å². The van der Waals surface area contributed by atoms with Crippen LogP contribution in [0.3, 0.4) is 0 Å². The third-order valence-corrected chi connectivity index (χ3v) is 7.93. The number of benzene rings is 2. The minimum Gasteiger partial charge on any atom is -0.496 e. The van der Waals surface area contributed by atoms with Crippen LogP contribution >= 0.6 is 0 Å². The van der Waals surface area contributed by atoms with Crippen LogP contribution in [0, 0.1) is 12.3 Å². The average molecular weight is 473 g/mol. The first-order valence-electron chi connectivity index (χ1n) is 11.1. The Morgan fingerprint density at radius 3 is 2.48 bits per heavy atom. The van der Waals surface area contributed by atoms with Crippen LogP contribution in [0.25, 0.3) is 0 Å². The van der Waals surface area contributed by atoms with Gasteiger partial charge in [0.1, 0.15) is 16.2 Å². The van der Waals surface area contributed by atoms with Crippen LogP contribution in [0.1, 0.15) is 43.2 Å². The zero-order valence-electron chi connectivity index (χ0n) is 19.2. The molecule has 1 amide bonds. The molecule has 1 heterocycles. The maximum atomic E-state index is 13.1. The van der Waals surface area contributed by atoms with Crippen molar-refractivity contribution >= 4 is 22.4 Å². The molecule has 7 nitrogen and oxygen atoms in total. The highest BCUT2D eigenvalue weighted by Crippen LogP contribution is 2.32. The van der Waals surface area contributed by atoms with E-state index >= 15 is 0 Å². The molecule has 178 valence electrons. The molecule has 2 aromatic rings. The predicted octanol–water partition coefficient (Wildman–Crippen LogP) is 3.76. The number of methoxy groups -OCH3 is 1. The van der Waals surface area contributed by atoms with Crippen molar-refractivity contribution in [2.75, 3.05) is 26.9 Å². The highest BCUT2D eigenvalue weighted by atomic mass is 32.2. The second kappa shape index (κ2) is 11.4. The first-order valence-corrected chi connectivity index (χ1v) is 12.3. The largest absolute Gasteiger partial charge is 0.496 e. The van der Waals surface area contributed by atoms with Gasteiger partial charge in [-0.15, -0.1) is 0 Å². The fourth-order valence-electron chi connectivity index (χ4n) is 3.89. The molecule has 0 saturated carbocycles. The standard InChI is InChI=1S/C25H32N2O5S/c1-18-6-11-21(23(17-18)30-2)22(26)5-3-4-14-32-19-7-9-20(10-8-19)33(29)25(24(27)28)12-15-31-16-13-25/h6-11,17,26H,3-5,12-16H2,1-2H3,(H2,27,28). The number of nitrogens with two attached hydrogens (primary N) is 1. The third kappa shape index (κ3) is 6.00. The zero-order chi connectivity index (χ0) is 23.8. The first kappa shape index (κ1) is 24.9. The number of carbonyl (C=O) groups is 1. The number of aryl methyl sites for hydroxylation is 1. The van der Waals surface area contributed by atoms with Crippen molar-refractivity contribution in [2.45, 2.75) is 48.7 Å². The van der Waals surface area contributed by atoms with Gasteiger partial charge in [-0.3, -0.25) is 9.00 Å². The summed E-state index contributed by atoms with van der Waals surface area (Å²) in [4.78, 5) is 12.6. The summed E-state index contributed by atoms with van der Waals surface area (Å²) < 4.78 is 28.5. The molecule has 33 heavy (non-hydrogen) atoms. The number of carbonyl (C=O) groups excluding carboxylic acids is 1. The van der Waals surface area contributed by atoms with Crippen molar-refractivity contribution in [3.05, 3.63) is 53.6 Å². The van der Waals surface area contributed by atoms with Crippen molar-refractivity contribution in [3.63, 3.8) is 0 Å². The lowest BCUT2D eigenvalue weighted by molar-refractivity contribution is -0.122. The first-order chi connectivity index (χ1) is 15.9. The molecule has 1 saturated heterocycles. The van der Waals surface area contributed by atoms with Crippen molar-refractivity contribution in [1.82, 2.24) is 0 Å². The molecule has 0 bridgehead atoms. The monoisotopic (exact) mass is 472 g/mol. The van der Waals surface area contributed by atoms with E-state index in [2.05, 4.69) is 0 Å². The van der Waals surface area contributed by atoms with Crippen LogP contribution < -0.4 is 15.2 Å². The van der Waals surface area contributed by atoms with E-state index in [1.807, 2.05) is 25.1 Å². The van der Waals surface area contributed by atoms with Gasteiger partial charge in [0, 0.05) is 29.4 Å². The molecule has 1 aliphatic heterocycles. The zero-order valence-corrected chi connectivity index (χ0v) is 20.0. The minimum absolute atomic E-state index is 0.358. The van der Waals surface area contributed by atoms with Crippen LogP contribution in [-0.2, 0) is 20.3 Å². The maximum absolute atomic E-state index is 13.1. The molecule has 1 fully saturated rings. The molecule has 0 radical (unpaired) electrons. The Bertz CT molecular complexity index is 1000. The van der Waals surface area contributed by atoms with E-state index in [0.29, 0.717) is 55.4 Å². The van der Waals surface area contributed by atoms with Crippen LogP contribution in [0.4, 0.5) is 0 Å². The SMILES string of the molecule is COc1cc(C)ccc1C(=N)CCCCOc1ccc(S(=O)C2(C(N)=O)CCOCC2)cc1. The summed E-state index contributed by atoms with van der Waals surface area (Å²) in [5.74, 6) is 0.858. The molecule has 0 aliphatic carbocycles. The molecule has 8 heteroatoms. The quantitative estimate of drug-likeness (QED) is 0.382. The van der Waals surface area contributed by atoms with Crippen molar-refractivity contribution in [2.24, 2.45) is 5.73 Å². The summed E-state index contributed by atoms with van der Waals surface area (Å²) in [5.41, 5.74) is 8.09. The Morgan fingerprint density at radius 1 is 1.15 bits per heavy atom. The van der Waals surface area contributed by atoms with Crippen molar-refractivity contribution in [3.8, 4) is 11.5 Å². The van der Waals surface area contributed by atoms with Gasteiger partial charge in [-0.05, 0) is 81.0 Å². The van der Waals surface area contributed by atoms with Gasteiger partial charge in [0.15, 0.2) is 0 Å². The molecule has 1 unspecified atom stereocenters. The van der Waals surface area contributed by atoms with Gasteiger partial charge >= 0.3 is 0 Å². The molecular weight excluding hydrogens is 440 g/mol. The summed E-state index contributed by atoms with van der Waals surface area (Å²) in [6.45, 7) is 3.27. The van der Waals surface area contributed by atoms with E-state index in [9.17, 15) is 9.00 Å². The Labute approximate surface area is 197 Å². The number of ether oxygens (including phenoxy) is 3. The van der Waals surface area contributed by atoms with E-state index in [4.69, 9.17) is 25.4 Å². The highest BCUT2D eigenvalue weighted by molar-refractivity contribution is 7.87. The van der Waals surface area contributed by atoms with Gasteiger partial charge in [0.05, 0.1) is 24.5 Å². The summed E-state index contributed by atoms with van der Waals surface area (Å²) in [6, 6.07) is 12.8. The summed E-state index contributed by atoms with van der Waals surface area (Å²) >= 11 is 0. The Hall–Kier alpha value is -2.71. The predicted molar refractivity (Wildman–Crippen MR) is 129 cm³/mol. The van der Waals surface area contributed by atoms with Crippen LogP contribution in [0.5, 0.6) is 11.5 Å². The molecular formula is C25H32N2O5S. The number of hydrogen-bond acceptors (Lipinski definition) is 6. The molecule has 1 aliphatic rings. The summed E-state index contributed by atoms with van der Waals surface area (Å²) in [7, 11) is 0.0750. The van der Waals surface area contributed by atoms with E-state index in [0.717, 1.165) is 29.7 Å². The number of rotatable bonds is 11. The molecule has 1 atom stereocenters. The molecule has 3 rings (SSSR count). The lowest BCUT2D eigenvalue weighted by atomic mass is 9.98. The Morgan fingerprint density at radius 2 is 1.85 bits per heavy atom. The van der Waals surface area contributed by atoms with E-state index in [1.165, 1.54) is 0 Å². The van der Waals surface area contributed by atoms with Gasteiger partial charge in [-0.2, -0.15) is 0 Å². The normalized spacial score (nSPS) is 16.1. The fraction of sp³-hybridized carbons (Fsp3) is 0.440.